The highest BCUT2D eigenvalue weighted by molar-refractivity contribution is 8.00. The maximum atomic E-state index is 12.9. The number of carbonyl (C=O) groups excluding carboxylic acids is 2. The van der Waals surface area contributed by atoms with E-state index >= 15 is 0 Å². The molecule has 0 aromatic heterocycles. The lowest BCUT2D eigenvalue weighted by molar-refractivity contribution is -0.132. The van der Waals surface area contributed by atoms with E-state index in [1.165, 1.54) is 0 Å². The third-order valence-electron chi connectivity index (χ3n) is 4.80. The van der Waals surface area contributed by atoms with Crippen LogP contribution in [0.5, 0.6) is 0 Å². The van der Waals surface area contributed by atoms with E-state index in [2.05, 4.69) is 4.90 Å². The van der Waals surface area contributed by atoms with Crippen molar-refractivity contribution in [3.8, 4) is 0 Å². The normalized spacial score (nSPS) is 20.0. The Morgan fingerprint density at radius 3 is 2.48 bits per heavy atom. The molecule has 5 heteroatoms. The molecule has 0 atom stereocenters. The number of thioether (sulfide) groups is 1. The van der Waals surface area contributed by atoms with E-state index in [4.69, 9.17) is 0 Å². The number of nitrogens with zero attached hydrogens (tertiary/aromatic N) is 2. The van der Waals surface area contributed by atoms with Gasteiger partial charge in [0.2, 0.25) is 5.91 Å². The molecule has 124 valence electrons. The Bertz CT molecular complexity index is 568. The monoisotopic (exact) mass is 332 g/mol. The number of piperidine rings is 1. The lowest BCUT2D eigenvalue weighted by Gasteiger charge is -2.44. The fraction of sp³-hybridized carbons (Fsp3) is 0.556. The number of carbonyl (C=O) groups is 2. The van der Waals surface area contributed by atoms with Gasteiger partial charge in [-0.1, -0.05) is 25.1 Å². The van der Waals surface area contributed by atoms with Crippen molar-refractivity contribution in [2.75, 3.05) is 25.4 Å². The van der Waals surface area contributed by atoms with Gasteiger partial charge in [-0.2, -0.15) is 0 Å². The highest BCUT2D eigenvalue weighted by Gasteiger charge is 2.46. The molecule has 2 aliphatic heterocycles. The van der Waals surface area contributed by atoms with Gasteiger partial charge in [-0.15, -0.1) is 11.8 Å². The standard InChI is InChI=1S/C18H24N2O2S/c1-2-6-16(21)19-11-9-18(10-12-19)20(13-14-23-18)17(22)15-7-4-3-5-8-15/h3-5,7-8H,2,6,9-14H2,1H3. The number of hydrogen-bond donors (Lipinski definition) is 0. The van der Waals surface area contributed by atoms with Crippen LogP contribution in [0.2, 0.25) is 0 Å². The summed E-state index contributed by atoms with van der Waals surface area (Å²) < 4.78 is 0. The van der Waals surface area contributed by atoms with Crippen molar-refractivity contribution in [2.45, 2.75) is 37.5 Å². The number of rotatable bonds is 3. The van der Waals surface area contributed by atoms with Gasteiger partial charge in [0.1, 0.15) is 0 Å². The van der Waals surface area contributed by atoms with Crippen LogP contribution in [0.1, 0.15) is 43.0 Å². The summed E-state index contributed by atoms with van der Waals surface area (Å²) in [7, 11) is 0. The Hall–Kier alpha value is -1.49. The second kappa shape index (κ2) is 6.95. The van der Waals surface area contributed by atoms with Crippen LogP contribution in [-0.4, -0.2) is 51.9 Å². The van der Waals surface area contributed by atoms with Crippen LogP contribution in [0.4, 0.5) is 0 Å². The van der Waals surface area contributed by atoms with Crippen molar-refractivity contribution in [2.24, 2.45) is 0 Å². The predicted octanol–water partition coefficient (Wildman–Crippen LogP) is 2.99. The van der Waals surface area contributed by atoms with Crippen molar-refractivity contribution in [1.82, 2.24) is 9.80 Å². The molecule has 1 aromatic rings. The maximum absolute atomic E-state index is 12.9. The molecule has 0 N–H and O–H groups in total. The lowest BCUT2D eigenvalue weighted by Crippen LogP contribution is -2.53. The first-order chi connectivity index (χ1) is 11.2. The summed E-state index contributed by atoms with van der Waals surface area (Å²) in [5.74, 6) is 1.37. The molecule has 3 rings (SSSR count). The van der Waals surface area contributed by atoms with Gasteiger partial charge < -0.3 is 9.80 Å². The molecule has 1 aromatic carbocycles. The van der Waals surface area contributed by atoms with Crippen molar-refractivity contribution >= 4 is 23.6 Å². The van der Waals surface area contributed by atoms with Crippen molar-refractivity contribution in [1.29, 1.82) is 0 Å². The Balaban J connectivity index is 1.70. The molecule has 1 spiro atoms. The average Bonchev–Trinajstić information content (AvgIpc) is 2.99. The molecule has 2 heterocycles. The summed E-state index contributed by atoms with van der Waals surface area (Å²) in [6, 6.07) is 9.53. The summed E-state index contributed by atoms with van der Waals surface area (Å²) in [5, 5.41) is 0. The van der Waals surface area contributed by atoms with Crippen LogP contribution in [0.15, 0.2) is 30.3 Å². The Labute approximate surface area is 142 Å². The van der Waals surface area contributed by atoms with E-state index in [0.717, 1.165) is 50.2 Å². The third-order valence-corrected chi connectivity index (χ3v) is 6.36. The zero-order valence-corrected chi connectivity index (χ0v) is 14.5. The number of likely N-dealkylation sites (tertiary alicyclic amines) is 1. The van der Waals surface area contributed by atoms with Crippen LogP contribution in [-0.2, 0) is 4.79 Å². The first-order valence-electron chi connectivity index (χ1n) is 8.45. The van der Waals surface area contributed by atoms with Crippen LogP contribution in [0.3, 0.4) is 0 Å². The van der Waals surface area contributed by atoms with Crippen LogP contribution in [0.25, 0.3) is 0 Å². The molecule has 0 saturated carbocycles. The Morgan fingerprint density at radius 1 is 1.13 bits per heavy atom. The SMILES string of the molecule is CCCC(=O)N1CCC2(CC1)SCCN2C(=O)c1ccccc1. The van der Waals surface area contributed by atoms with E-state index in [1.807, 2.05) is 53.9 Å². The molecule has 2 saturated heterocycles. The van der Waals surface area contributed by atoms with Crippen LogP contribution >= 0.6 is 11.8 Å². The first kappa shape index (κ1) is 16.4. The molecule has 2 fully saturated rings. The fourth-order valence-corrected chi connectivity index (χ4v) is 4.98. The summed E-state index contributed by atoms with van der Waals surface area (Å²) in [6.07, 6.45) is 3.29. The zero-order valence-electron chi connectivity index (χ0n) is 13.7. The molecule has 0 unspecified atom stereocenters. The van der Waals surface area contributed by atoms with E-state index in [1.54, 1.807) is 0 Å². The molecule has 0 aliphatic carbocycles. The minimum Gasteiger partial charge on any atom is -0.342 e. The third kappa shape index (κ3) is 3.25. The van der Waals surface area contributed by atoms with Gasteiger partial charge in [0.05, 0.1) is 4.87 Å². The van der Waals surface area contributed by atoms with Crippen molar-refractivity contribution in [3.63, 3.8) is 0 Å². The lowest BCUT2D eigenvalue weighted by atomic mass is 10.0. The molecular weight excluding hydrogens is 308 g/mol. The number of amides is 2. The summed E-state index contributed by atoms with van der Waals surface area (Å²) in [4.78, 5) is 28.9. The minimum absolute atomic E-state index is 0.115. The van der Waals surface area contributed by atoms with Crippen LogP contribution in [0, 0.1) is 0 Å². The number of benzene rings is 1. The fourth-order valence-electron chi connectivity index (χ4n) is 3.52. The zero-order chi connectivity index (χ0) is 16.3. The maximum Gasteiger partial charge on any atom is 0.254 e. The highest BCUT2D eigenvalue weighted by Crippen LogP contribution is 2.44. The largest absolute Gasteiger partial charge is 0.342 e. The second-order valence-electron chi connectivity index (χ2n) is 6.25. The first-order valence-corrected chi connectivity index (χ1v) is 9.43. The molecule has 2 aliphatic rings. The van der Waals surface area contributed by atoms with E-state index < -0.39 is 0 Å². The molecular formula is C18H24N2O2S. The second-order valence-corrected chi connectivity index (χ2v) is 7.71. The van der Waals surface area contributed by atoms with Crippen molar-refractivity contribution in [3.05, 3.63) is 35.9 Å². The van der Waals surface area contributed by atoms with Gasteiger partial charge >= 0.3 is 0 Å². The highest BCUT2D eigenvalue weighted by atomic mass is 32.2. The predicted molar refractivity (Wildman–Crippen MR) is 93.4 cm³/mol. The molecule has 2 amide bonds. The molecule has 0 bridgehead atoms. The van der Waals surface area contributed by atoms with E-state index in [9.17, 15) is 9.59 Å². The quantitative estimate of drug-likeness (QED) is 0.854. The number of hydrogen-bond acceptors (Lipinski definition) is 3. The smallest absolute Gasteiger partial charge is 0.254 e. The van der Waals surface area contributed by atoms with Crippen molar-refractivity contribution < 1.29 is 9.59 Å². The van der Waals surface area contributed by atoms with E-state index in [0.29, 0.717) is 6.42 Å². The van der Waals surface area contributed by atoms with Gasteiger partial charge in [0, 0.05) is 37.4 Å². The topological polar surface area (TPSA) is 40.6 Å². The van der Waals surface area contributed by atoms with Gasteiger partial charge in [-0.3, -0.25) is 9.59 Å². The van der Waals surface area contributed by atoms with Gasteiger partial charge in [-0.25, -0.2) is 0 Å². The summed E-state index contributed by atoms with van der Waals surface area (Å²) in [5.41, 5.74) is 0.763. The molecule has 0 radical (unpaired) electrons. The minimum atomic E-state index is -0.115. The van der Waals surface area contributed by atoms with Gasteiger partial charge in [0.25, 0.3) is 5.91 Å². The van der Waals surface area contributed by atoms with E-state index in [-0.39, 0.29) is 16.7 Å². The van der Waals surface area contributed by atoms with Gasteiger partial charge in [-0.05, 0) is 31.4 Å². The molecule has 23 heavy (non-hydrogen) atoms. The summed E-state index contributed by atoms with van der Waals surface area (Å²) >= 11 is 1.89. The Kier molecular flexibility index (Phi) is 4.95. The average molecular weight is 332 g/mol. The Morgan fingerprint density at radius 2 is 1.83 bits per heavy atom. The van der Waals surface area contributed by atoms with Crippen LogP contribution < -0.4 is 0 Å². The summed E-state index contributed by atoms with van der Waals surface area (Å²) in [6.45, 7) is 4.38. The van der Waals surface area contributed by atoms with Gasteiger partial charge in [0.15, 0.2) is 0 Å². The molecule has 4 nitrogen and oxygen atoms in total.